The summed E-state index contributed by atoms with van der Waals surface area (Å²) in [5.74, 6) is -0.356. The molecule has 0 aliphatic rings. The van der Waals surface area contributed by atoms with Crippen molar-refractivity contribution in [2.75, 3.05) is 20.6 Å². The van der Waals surface area contributed by atoms with E-state index in [-0.39, 0.29) is 6.04 Å². The third-order valence-electron chi connectivity index (χ3n) is 2.75. The number of rotatable bonds is 6. The van der Waals surface area contributed by atoms with Crippen molar-refractivity contribution in [2.24, 2.45) is 5.92 Å². The van der Waals surface area contributed by atoms with Crippen molar-refractivity contribution < 1.29 is 9.90 Å². The zero-order valence-corrected chi connectivity index (χ0v) is 12.9. The summed E-state index contributed by atoms with van der Waals surface area (Å²) in [5, 5.41) is 9.24. The molecule has 0 bridgehead atoms. The molecular weight excluding hydrogens is 296 g/mol. The number of nitrogens with zero attached hydrogens (tertiary/aromatic N) is 2. The lowest BCUT2D eigenvalue weighted by Gasteiger charge is -2.25. The van der Waals surface area contributed by atoms with Gasteiger partial charge in [-0.15, -0.1) is 0 Å². The van der Waals surface area contributed by atoms with Crippen LogP contribution in [0.25, 0.3) is 0 Å². The molecule has 1 rings (SSSR count). The van der Waals surface area contributed by atoms with Crippen LogP contribution in [0.5, 0.6) is 0 Å². The van der Waals surface area contributed by atoms with E-state index in [2.05, 4.69) is 34.7 Å². The fourth-order valence-corrected chi connectivity index (χ4v) is 2.60. The first kappa shape index (κ1) is 15.2. The maximum absolute atomic E-state index is 11.3. The minimum Gasteiger partial charge on any atom is -0.477 e. The molecular formula is C13H21BrN2O2. The van der Waals surface area contributed by atoms with Gasteiger partial charge in [0.15, 0.2) is 0 Å². The number of carboxylic acids is 1. The summed E-state index contributed by atoms with van der Waals surface area (Å²) in [5.41, 5.74) is 0.342. The number of carboxylic acid groups (broad SMARTS) is 1. The maximum atomic E-state index is 11.3. The normalized spacial score (nSPS) is 13.3. The molecule has 0 aromatic carbocycles. The monoisotopic (exact) mass is 316 g/mol. The first-order valence-corrected chi connectivity index (χ1v) is 6.86. The van der Waals surface area contributed by atoms with Gasteiger partial charge < -0.3 is 14.6 Å². The van der Waals surface area contributed by atoms with Crippen LogP contribution in [-0.2, 0) is 0 Å². The Bertz CT molecular complexity index is 403. The zero-order chi connectivity index (χ0) is 13.9. The molecule has 0 aliphatic heterocycles. The van der Waals surface area contributed by atoms with Gasteiger partial charge >= 0.3 is 5.97 Å². The number of hydrogen-bond donors (Lipinski definition) is 1. The van der Waals surface area contributed by atoms with Crippen LogP contribution in [0.15, 0.2) is 16.7 Å². The standard InChI is InChI=1S/C13H21BrN2O2/c1-9(2)5-11(8-15(3)4)16-7-10(14)6-12(16)13(17)18/h6-7,9,11H,5,8H2,1-4H3,(H,17,18). The van der Waals surface area contributed by atoms with Crippen LogP contribution in [0.1, 0.15) is 36.8 Å². The average Bonchev–Trinajstić information content (AvgIpc) is 2.58. The van der Waals surface area contributed by atoms with E-state index < -0.39 is 5.97 Å². The molecule has 0 spiro atoms. The highest BCUT2D eigenvalue weighted by Crippen LogP contribution is 2.25. The number of likely N-dealkylation sites (N-methyl/N-ethyl adjacent to an activating group) is 1. The van der Waals surface area contributed by atoms with Crippen molar-refractivity contribution in [1.29, 1.82) is 0 Å². The van der Waals surface area contributed by atoms with Crippen LogP contribution < -0.4 is 0 Å². The first-order chi connectivity index (χ1) is 8.31. The highest BCUT2D eigenvalue weighted by molar-refractivity contribution is 9.10. The van der Waals surface area contributed by atoms with Gasteiger partial charge in [0.25, 0.3) is 0 Å². The van der Waals surface area contributed by atoms with Crippen LogP contribution in [0.4, 0.5) is 0 Å². The van der Waals surface area contributed by atoms with Gasteiger partial charge in [-0.05, 0) is 48.4 Å². The summed E-state index contributed by atoms with van der Waals surface area (Å²) < 4.78 is 2.68. The molecule has 0 saturated heterocycles. The Morgan fingerprint density at radius 3 is 2.56 bits per heavy atom. The van der Waals surface area contributed by atoms with Crippen molar-refractivity contribution >= 4 is 21.9 Å². The molecule has 0 saturated carbocycles. The number of aromatic nitrogens is 1. The van der Waals surface area contributed by atoms with E-state index in [9.17, 15) is 9.90 Å². The molecule has 0 radical (unpaired) electrons. The van der Waals surface area contributed by atoms with Crippen molar-refractivity contribution in [2.45, 2.75) is 26.3 Å². The van der Waals surface area contributed by atoms with Gasteiger partial charge in [-0.2, -0.15) is 0 Å². The molecule has 1 heterocycles. The number of carbonyl (C=O) groups is 1. The van der Waals surface area contributed by atoms with E-state index in [4.69, 9.17) is 0 Å². The maximum Gasteiger partial charge on any atom is 0.352 e. The largest absolute Gasteiger partial charge is 0.477 e. The SMILES string of the molecule is CC(C)CC(CN(C)C)n1cc(Br)cc1C(=O)O. The summed E-state index contributed by atoms with van der Waals surface area (Å²) in [6, 6.07) is 1.84. The topological polar surface area (TPSA) is 45.5 Å². The third-order valence-corrected chi connectivity index (χ3v) is 3.18. The van der Waals surface area contributed by atoms with E-state index >= 15 is 0 Å². The minimum atomic E-state index is -0.881. The Balaban J connectivity index is 3.07. The van der Waals surface area contributed by atoms with Crippen LogP contribution in [-0.4, -0.2) is 41.2 Å². The van der Waals surface area contributed by atoms with Gasteiger partial charge in [-0.25, -0.2) is 4.79 Å². The second-order valence-corrected chi connectivity index (χ2v) is 6.22. The summed E-state index contributed by atoms with van der Waals surface area (Å²) in [7, 11) is 4.01. The van der Waals surface area contributed by atoms with E-state index in [1.807, 2.05) is 24.9 Å². The van der Waals surface area contributed by atoms with E-state index in [0.717, 1.165) is 17.4 Å². The molecule has 0 fully saturated rings. The number of aromatic carboxylic acids is 1. The number of halogens is 1. The van der Waals surface area contributed by atoms with Gasteiger partial charge in [0.1, 0.15) is 5.69 Å². The molecule has 18 heavy (non-hydrogen) atoms. The van der Waals surface area contributed by atoms with Gasteiger partial charge in [0.05, 0.1) is 0 Å². The van der Waals surface area contributed by atoms with Crippen LogP contribution in [0, 0.1) is 5.92 Å². The molecule has 1 N–H and O–H groups in total. The van der Waals surface area contributed by atoms with Crippen LogP contribution in [0.3, 0.4) is 0 Å². The van der Waals surface area contributed by atoms with Gasteiger partial charge in [0, 0.05) is 23.3 Å². The summed E-state index contributed by atoms with van der Waals surface area (Å²) in [4.78, 5) is 13.3. The number of hydrogen-bond acceptors (Lipinski definition) is 2. The fraction of sp³-hybridized carbons (Fsp3) is 0.615. The van der Waals surface area contributed by atoms with Crippen molar-refractivity contribution in [3.8, 4) is 0 Å². The van der Waals surface area contributed by atoms with Crippen LogP contribution >= 0.6 is 15.9 Å². The molecule has 0 amide bonds. The quantitative estimate of drug-likeness (QED) is 0.877. The van der Waals surface area contributed by atoms with Gasteiger partial charge in [-0.1, -0.05) is 13.8 Å². The lowest BCUT2D eigenvalue weighted by molar-refractivity contribution is 0.0680. The van der Waals surface area contributed by atoms with E-state index in [1.54, 1.807) is 6.07 Å². The molecule has 1 aromatic rings. The molecule has 102 valence electrons. The summed E-state index contributed by atoms with van der Waals surface area (Å²) >= 11 is 3.35. The van der Waals surface area contributed by atoms with Crippen molar-refractivity contribution in [1.82, 2.24) is 9.47 Å². The summed E-state index contributed by atoms with van der Waals surface area (Å²) in [6.07, 6.45) is 2.82. The van der Waals surface area contributed by atoms with Crippen LogP contribution in [0.2, 0.25) is 0 Å². The second-order valence-electron chi connectivity index (χ2n) is 5.30. The molecule has 0 aliphatic carbocycles. The second kappa shape index (κ2) is 6.38. The third kappa shape index (κ3) is 4.14. The zero-order valence-electron chi connectivity index (χ0n) is 11.4. The molecule has 4 nitrogen and oxygen atoms in total. The Morgan fingerprint density at radius 1 is 1.50 bits per heavy atom. The molecule has 1 atom stereocenters. The summed E-state index contributed by atoms with van der Waals surface area (Å²) in [6.45, 7) is 5.14. The van der Waals surface area contributed by atoms with E-state index in [1.165, 1.54) is 0 Å². The Morgan fingerprint density at radius 2 is 2.11 bits per heavy atom. The smallest absolute Gasteiger partial charge is 0.352 e. The predicted molar refractivity (Wildman–Crippen MR) is 76.1 cm³/mol. The highest BCUT2D eigenvalue weighted by atomic mass is 79.9. The van der Waals surface area contributed by atoms with Crippen molar-refractivity contribution in [3.63, 3.8) is 0 Å². The fourth-order valence-electron chi connectivity index (χ4n) is 2.16. The molecule has 5 heteroatoms. The van der Waals surface area contributed by atoms with Gasteiger partial charge in [-0.3, -0.25) is 0 Å². The Hall–Kier alpha value is -0.810. The van der Waals surface area contributed by atoms with Crippen molar-refractivity contribution in [3.05, 3.63) is 22.4 Å². The lowest BCUT2D eigenvalue weighted by atomic mass is 10.0. The average molecular weight is 317 g/mol. The predicted octanol–water partition coefficient (Wildman–Crippen LogP) is 3.10. The first-order valence-electron chi connectivity index (χ1n) is 6.06. The minimum absolute atomic E-state index is 0.178. The van der Waals surface area contributed by atoms with E-state index in [0.29, 0.717) is 11.6 Å². The Kier molecular flexibility index (Phi) is 5.41. The van der Waals surface area contributed by atoms with Gasteiger partial charge in [0.2, 0.25) is 0 Å². The Labute approximate surface area is 117 Å². The molecule has 1 aromatic heterocycles. The lowest BCUT2D eigenvalue weighted by Crippen LogP contribution is -2.27. The highest BCUT2D eigenvalue weighted by Gasteiger charge is 2.20. The molecule has 1 unspecified atom stereocenters.